The van der Waals surface area contributed by atoms with Crippen LogP contribution in [-0.2, 0) is 19.2 Å². The van der Waals surface area contributed by atoms with Crippen LogP contribution < -0.4 is 10.6 Å². The van der Waals surface area contributed by atoms with E-state index in [2.05, 4.69) is 10.6 Å². The predicted molar refractivity (Wildman–Crippen MR) is 104 cm³/mol. The van der Waals surface area contributed by atoms with Gasteiger partial charge in [-0.1, -0.05) is 19.9 Å². The Morgan fingerprint density at radius 2 is 2.00 bits per heavy atom. The standard InChI is InChI=1S/C19H32N4O5/c1-13(2)16(22(4)17(26)11-20-12-25)10-14(3)19(28)23-8-5-6-15(23)18(27)21-7-9-24/h10,12-13,15-16,24H,5-9,11H2,1-4H3,(H,20,25)(H,21,27)/t15?,16-/m1/s1. The van der Waals surface area contributed by atoms with Crippen molar-refractivity contribution >= 4 is 24.1 Å². The molecule has 1 heterocycles. The van der Waals surface area contributed by atoms with Crippen LogP contribution in [0.3, 0.4) is 0 Å². The van der Waals surface area contributed by atoms with E-state index >= 15 is 0 Å². The SMILES string of the molecule is CC(=C[C@H](C(C)C)N(C)C(=O)CNC=O)C(=O)N1CCCC1C(=O)NCCO. The van der Waals surface area contributed by atoms with Crippen LogP contribution >= 0.6 is 0 Å². The first-order valence-electron chi connectivity index (χ1n) is 9.55. The third-order valence-corrected chi connectivity index (χ3v) is 4.85. The van der Waals surface area contributed by atoms with Crippen LogP contribution in [0.5, 0.6) is 0 Å². The van der Waals surface area contributed by atoms with Gasteiger partial charge in [-0.3, -0.25) is 19.2 Å². The average Bonchev–Trinajstić information content (AvgIpc) is 3.16. The third-order valence-electron chi connectivity index (χ3n) is 4.85. The van der Waals surface area contributed by atoms with Crippen molar-refractivity contribution in [3.8, 4) is 0 Å². The van der Waals surface area contributed by atoms with Crippen LogP contribution in [0.15, 0.2) is 11.6 Å². The van der Waals surface area contributed by atoms with Crippen molar-refractivity contribution in [1.82, 2.24) is 20.4 Å². The van der Waals surface area contributed by atoms with Gasteiger partial charge in [0.1, 0.15) is 6.04 Å². The second-order valence-corrected chi connectivity index (χ2v) is 7.26. The molecule has 1 aliphatic rings. The molecule has 9 heteroatoms. The Morgan fingerprint density at radius 3 is 2.57 bits per heavy atom. The molecule has 0 spiro atoms. The number of hydrogen-bond acceptors (Lipinski definition) is 5. The number of aliphatic hydroxyl groups excluding tert-OH is 1. The number of amides is 4. The number of carbonyl (C=O) groups excluding carboxylic acids is 4. The van der Waals surface area contributed by atoms with Gasteiger partial charge in [0.2, 0.25) is 24.1 Å². The summed E-state index contributed by atoms with van der Waals surface area (Å²) in [4.78, 5) is 50.8. The molecule has 2 atom stereocenters. The molecule has 0 aliphatic carbocycles. The Kier molecular flexibility index (Phi) is 9.64. The normalized spacial score (nSPS) is 18.0. The van der Waals surface area contributed by atoms with E-state index in [1.165, 1.54) is 4.90 Å². The second kappa shape index (κ2) is 11.4. The van der Waals surface area contributed by atoms with Gasteiger partial charge in [-0.25, -0.2) is 0 Å². The number of likely N-dealkylation sites (tertiary alicyclic amines) is 1. The number of nitrogens with zero attached hydrogens (tertiary/aromatic N) is 2. The summed E-state index contributed by atoms with van der Waals surface area (Å²) in [6.45, 7) is 5.95. The first kappa shape index (κ1) is 23.6. The van der Waals surface area contributed by atoms with E-state index in [9.17, 15) is 19.2 Å². The summed E-state index contributed by atoms with van der Waals surface area (Å²) < 4.78 is 0. The fourth-order valence-electron chi connectivity index (χ4n) is 3.30. The molecule has 0 bridgehead atoms. The van der Waals surface area contributed by atoms with Crippen molar-refractivity contribution in [2.45, 2.75) is 45.7 Å². The van der Waals surface area contributed by atoms with Gasteiger partial charge in [0.05, 0.1) is 19.2 Å². The summed E-state index contributed by atoms with van der Waals surface area (Å²) in [5, 5.41) is 13.8. The highest BCUT2D eigenvalue weighted by Crippen LogP contribution is 2.21. The van der Waals surface area contributed by atoms with E-state index < -0.39 is 6.04 Å². The van der Waals surface area contributed by atoms with Crippen molar-refractivity contribution in [1.29, 1.82) is 0 Å². The molecule has 28 heavy (non-hydrogen) atoms. The van der Waals surface area contributed by atoms with E-state index in [0.717, 1.165) is 6.42 Å². The van der Waals surface area contributed by atoms with E-state index in [0.29, 0.717) is 24.9 Å². The molecule has 0 saturated carbocycles. The minimum absolute atomic E-state index is 0.0511. The summed E-state index contributed by atoms with van der Waals surface area (Å²) in [6.07, 6.45) is 3.53. The quantitative estimate of drug-likeness (QED) is 0.332. The van der Waals surface area contributed by atoms with Gasteiger partial charge in [-0.05, 0) is 25.7 Å². The molecular formula is C19H32N4O5. The first-order chi connectivity index (χ1) is 13.2. The Morgan fingerprint density at radius 1 is 1.32 bits per heavy atom. The number of aliphatic hydroxyl groups is 1. The lowest BCUT2D eigenvalue weighted by molar-refractivity contribution is -0.135. The third kappa shape index (κ3) is 6.33. The molecule has 3 N–H and O–H groups in total. The predicted octanol–water partition coefficient (Wildman–Crippen LogP) is -0.739. The minimum atomic E-state index is -0.545. The van der Waals surface area contributed by atoms with Gasteiger partial charge in [-0.2, -0.15) is 0 Å². The highest BCUT2D eigenvalue weighted by atomic mass is 16.3. The fraction of sp³-hybridized carbons (Fsp3) is 0.684. The Balaban J connectivity index is 2.92. The molecule has 0 aromatic heterocycles. The van der Waals surface area contributed by atoms with Gasteiger partial charge < -0.3 is 25.5 Å². The maximum atomic E-state index is 12.9. The lowest BCUT2D eigenvalue weighted by Gasteiger charge is -2.30. The van der Waals surface area contributed by atoms with Crippen LogP contribution in [-0.4, -0.2) is 84.4 Å². The largest absolute Gasteiger partial charge is 0.395 e. The lowest BCUT2D eigenvalue weighted by Crippen LogP contribution is -2.47. The van der Waals surface area contributed by atoms with Crippen molar-refractivity contribution < 1.29 is 24.3 Å². The van der Waals surface area contributed by atoms with Gasteiger partial charge in [-0.15, -0.1) is 0 Å². The zero-order valence-electron chi connectivity index (χ0n) is 17.1. The molecule has 4 amide bonds. The van der Waals surface area contributed by atoms with Gasteiger partial charge >= 0.3 is 0 Å². The summed E-state index contributed by atoms with van der Waals surface area (Å²) >= 11 is 0. The Bertz CT molecular complexity index is 605. The van der Waals surface area contributed by atoms with Crippen molar-refractivity contribution in [2.75, 3.05) is 33.3 Å². The Hall–Kier alpha value is -2.42. The maximum Gasteiger partial charge on any atom is 0.249 e. The lowest BCUT2D eigenvalue weighted by atomic mass is 9.99. The van der Waals surface area contributed by atoms with Crippen LogP contribution in [0, 0.1) is 5.92 Å². The van der Waals surface area contributed by atoms with Crippen LogP contribution in [0.2, 0.25) is 0 Å². The first-order valence-corrected chi connectivity index (χ1v) is 9.55. The van der Waals surface area contributed by atoms with Crippen LogP contribution in [0.4, 0.5) is 0 Å². The highest BCUT2D eigenvalue weighted by Gasteiger charge is 2.34. The van der Waals surface area contributed by atoms with Gasteiger partial charge in [0.15, 0.2) is 0 Å². The molecule has 1 fully saturated rings. The molecule has 9 nitrogen and oxygen atoms in total. The molecule has 0 aromatic carbocycles. The zero-order valence-corrected chi connectivity index (χ0v) is 17.1. The van der Waals surface area contributed by atoms with E-state index in [-0.39, 0.29) is 49.4 Å². The number of likely N-dealkylation sites (N-methyl/N-ethyl adjacent to an activating group) is 1. The maximum absolute atomic E-state index is 12.9. The molecule has 1 aliphatic heterocycles. The fourth-order valence-corrected chi connectivity index (χ4v) is 3.30. The zero-order chi connectivity index (χ0) is 21.3. The van der Waals surface area contributed by atoms with Gasteiger partial charge in [0.25, 0.3) is 0 Å². The van der Waals surface area contributed by atoms with E-state index in [1.807, 2.05) is 13.8 Å². The van der Waals surface area contributed by atoms with Crippen molar-refractivity contribution in [2.24, 2.45) is 5.92 Å². The van der Waals surface area contributed by atoms with Crippen LogP contribution in [0.1, 0.15) is 33.6 Å². The monoisotopic (exact) mass is 396 g/mol. The number of carbonyl (C=O) groups is 4. The number of nitrogens with one attached hydrogen (secondary N) is 2. The molecule has 0 radical (unpaired) electrons. The summed E-state index contributed by atoms with van der Waals surface area (Å²) in [6, 6.07) is -0.870. The molecule has 1 rings (SSSR count). The van der Waals surface area contributed by atoms with Crippen LogP contribution in [0.25, 0.3) is 0 Å². The average molecular weight is 396 g/mol. The molecule has 0 aromatic rings. The van der Waals surface area contributed by atoms with Gasteiger partial charge in [0, 0.05) is 25.7 Å². The topological polar surface area (TPSA) is 119 Å². The number of hydrogen-bond donors (Lipinski definition) is 3. The minimum Gasteiger partial charge on any atom is -0.395 e. The molecule has 1 saturated heterocycles. The molecule has 158 valence electrons. The molecule has 1 unspecified atom stereocenters. The number of rotatable bonds is 10. The molecular weight excluding hydrogens is 364 g/mol. The summed E-state index contributed by atoms with van der Waals surface area (Å²) in [5.41, 5.74) is 0.462. The van der Waals surface area contributed by atoms with E-state index in [1.54, 1.807) is 24.9 Å². The highest BCUT2D eigenvalue weighted by molar-refractivity contribution is 5.97. The summed E-state index contributed by atoms with van der Waals surface area (Å²) in [5.74, 6) is -0.709. The second-order valence-electron chi connectivity index (χ2n) is 7.26. The Labute approximate surface area is 166 Å². The van der Waals surface area contributed by atoms with Crippen molar-refractivity contribution in [3.63, 3.8) is 0 Å². The summed E-state index contributed by atoms with van der Waals surface area (Å²) in [7, 11) is 1.63. The van der Waals surface area contributed by atoms with E-state index in [4.69, 9.17) is 5.11 Å². The van der Waals surface area contributed by atoms with Crippen molar-refractivity contribution in [3.05, 3.63) is 11.6 Å². The smallest absolute Gasteiger partial charge is 0.249 e.